The number of ketones is 1. The molecule has 0 radical (unpaired) electrons. The molecule has 30 heavy (non-hydrogen) atoms. The number of rotatable bonds is 4. The van der Waals surface area contributed by atoms with Gasteiger partial charge in [-0.05, 0) is 66.3 Å². The highest BCUT2D eigenvalue weighted by molar-refractivity contribution is 9.10. The summed E-state index contributed by atoms with van der Waals surface area (Å²) in [5.74, 6) is 1.11. The molecule has 154 valence electrons. The van der Waals surface area contributed by atoms with E-state index in [0.717, 1.165) is 55.4 Å². The van der Waals surface area contributed by atoms with Crippen molar-refractivity contribution in [2.24, 2.45) is 5.73 Å². The third-order valence-electron chi connectivity index (χ3n) is 5.56. The first-order valence-electron chi connectivity index (χ1n) is 9.90. The molecule has 1 aromatic heterocycles. The molecule has 1 atom stereocenters. The number of nitriles is 1. The van der Waals surface area contributed by atoms with Crippen LogP contribution in [0.25, 0.3) is 0 Å². The minimum atomic E-state index is -0.384. The Balaban J connectivity index is 1.97. The van der Waals surface area contributed by atoms with Gasteiger partial charge in [0.1, 0.15) is 5.82 Å². The van der Waals surface area contributed by atoms with Gasteiger partial charge in [0, 0.05) is 22.2 Å². The summed E-state index contributed by atoms with van der Waals surface area (Å²) in [5.41, 5.74) is 11.8. The van der Waals surface area contributed by atoms with Crippen LogP contribution in [0, 0.1) is 18.3 Å². The van der Waals surface area contributed by atoms with Gasteiger partial charge < -0.3 is 5.73 Å². The average molecular weight is 500 g/mol. The number of halogens is 1. The molecule has 4 rings (SSSR count). The quantitative estimate of drug-likeness (QED) is 0.504. The van der Waals surface area contributed by atoms with Gasteiger partial charge in [-0.2, -0.15) is 5.26 Å². The van der Waals surface area contributed by atoms with Gasteiger partial charge in [0.25, 0.3) is 0 Å². The number of nitrogens with zero attached hydrogens (tertiary/aromatic N) is 2. The first kappa shape index (κ1) is 21.2. The number of allylic oxidation sites excluding steroid dienone is 3. The second kappa shape index (κ2) is 8.62. The maximum atomic E-state index is 13.2. The molecule has 0 spiro atoms. The molecule has 4 nitrogen and oxygen atoms in total. The Hall–Kier alpha value is -2.01. The summed E-state index contributed by atoms with van der Waals surface area (Å²) in [6, 6.07) is 10.4. The molecule has 1 aromatic carbocycles. The lowest BCUT2D eigenvalue weighted by Crippen LogP contribution is -2.39. The van der Waals surface area contributed by atoms with Gasteiger partial charge in [-0.3, -0.25) is 9.69 Å². The Morgan fingerprint density at radius 3 is 2.87 bits per heavy atom. The fourth-order valence-electron chi connectivity index (χ4n) is 4.31. The molecule has 2 N–H and O–H groups in total. The Morgan fingerprint density at radius 1 is 1.37 bits per heavy atom. The van der Waals surface area contributed by atoms with Crippen molar-refractivity contribution >= 4 is 50.5 Å². The molecule has 0 bridgehead atoms. The van der Waals surface area contributed by atoms with Gasteiger partial charge in [-0.25, -0.2) is 0 Å². The highest BCUT2D eigenvalue weighted by atomic mass is 79.9. The highest BCUT2D eigenvalue weighted by Crippen LogP contribution is 2.49. The number of benzene rings is 1. The summed E-state index contributed by atoms with van der Waals surface area (Å²) in [4.78, 5) is 15.2. The number of hydrogen-bond acceptors (Lipinski definition) is 6. The Kier molecular flexibility index (Phi) is 6.10. The second-order valence-corrected chi connectivity index (χ2v) is 10.7. The van der Waals surface area contributed by atoms with E-state index in [-0.39, 0.29) is 11.7 Å². The molecule has 2 aromatic rings. The average Bonchev–Trinajstić information content (AvgIpc) is 3.16. The topological polar surface area (TPSA) is 70.1 Å². The fraction of sp³-hybridized carbons (Fsp3) is 0.304. The molecular formula is C23H22BrN3OS2. The van der Waals surface area contributed by atoms with E-state index in [1.807, 2.05) is 41.5 Å². The minimum Gasteiger partial charge on any atom is -0.384 e. The van der Waals surface area contributed by atoms with E-state index in [4.69, 9.17) is 5.73 Å². The van der Waals surface area contributed by atoms with Gasteiger partial charge in [-0.1, -0.05) is 22.9 Å². The van der Waals surface area contributed by atoms with E-state index in [1.165, 1.54) is 0 Å². The summed E-state index contributed by atoms with van der Waals surface area (Å²) in [6.45, 7) is 4.13. The lowest BCUT2D eigenvalue weighted by Gasteiger charge is -2.40. The highest BCUT2D eigenvalue weighted by Gasteiger charge is 2.41. The van der Waals surface area contributed by atoms with Crippen LogP contribution in [0.3, 0.4) is 0 Å². The van der Waals surface area contributed by atoms with Crippen molar-refractivity contribution in [3.8, 4) is 6.07 Å². The van der Waals surface area contributed by atoms with E-state index in [9.17, 15) is 10.1 Å². The summed E-state index contributed by atoms with van der Waals surface area (Å²) in [6.07, 6.45) is 2.08. The Bertz CT molecular complexity index is 1130. The van der Waals surface area contributed by atoms with E-state index < -0.39 is 0 Å². The third kappa shape index (κ3) is 3.51. The van der Waals surface area contributed by atoms with Gasteiger partial charge >= 0.3 is 0 Å². The van der Waals surface area contributed by atoms with Crippen LogP contribution in [-0.4, -0.2) is 11.5 Å². The molecular weight excluding hydrogens is 478 g/mol. The van der Waals surface area contributed by atoms with Crippen molar-refractivity contribution in [3.63, 3.8) is 0 Å². The maximum Gasteiger partial charge on any atom is 0.161 e. The number of anilines is 1. The molecule has 0 saturated carbocycles. The maximum absolute atomic E-state index is 13.2. The van der Waals surface area contributed by atoms with Crippen molar-refractivity contribution in [1.29, 1.82) is 5.26 Å². The number of thioether (sulfide) groups is 1. The van der Waals surface area contributed by atoms with Gasteiger partial charge in [0.2, 0.25) is 0 Å². The molecule has 0 fully saturated rings. The number of thiophene rings is 1. The Labute approximate surface area is 193 Å². The number of aryl methyl sites for hydroxylation is 1. The predicted octanol–water partition coefficient (Wildman–Crippen LogP) is 6.24. The largest absolute Gasteiger partial charge is 0.384 e. The third-order valence-corrected chi connectivity index (χ3v) is 8.20. The monoisotopic (exact) mass is 499 g/mol. The van der Waals surface area contributed by atoms with Crippen LogP contribution in [0.1, 0.15) is 43.2 Å². The summed E-state index contributed by atoms with van der Waals surface area (Å²) >= 11 is 6.93. The van der Waals surface area contributed by atoms with Crippen LogP contribution in [0.5, 0.6) is 0 Å². The van der Waals surface area contributed by atoms with Crippen LogP contribution in [0.2, 0.25) is 0 Å². The molecule has 0 amide bonds. The Morgan fingerprint density at radius 2 is 2.17 bits per heavy atom. The lowest BCUT2D eigenvalue weighted by atomic mass is 9.76. The molecule has 2 aliphatic rings. The van der Waals surface area contributed by atoms with Crippen LogP contribution >= 0.6 is 39.0 Å². The van der Waals surface area contributed by atoms with Gasteiger partial charge in [0.15, 0.2) is 5.78 Å². The van der Waals surface area contributed by atoms with E-state index in [2.05, 4.69) is 28.9 Å². The van der Waals surface area contributed by atoms with Crippen molar-refractivity contribution in [1.82, 2.24) is 0 Å². The number of carbonyl (C=O) groups is 1. The molecule has 1 aliphatic carbocycles. The zero-order chi connectivity index (χ0) is 21.4. The van der Waals surface area contributed by atoms with E-state index >= 15 is 0 Å². The van der Waals surface area contributed by atoms with Crippen LogP contribution in [0.4, 0.5) is 5.69 Å². The number of Topliss-reactive ketones (excluding diaryl/α,β-unsaturated/α-hetero) is 1. The molecule has 0 unspecified atom stereocenters. The first-order valence-corrected chi connectivity index (χ1v) is 12.6. The van der Waals surface area contributed by atoms with Gasteiger partial charge in [0.05, 0.1) is 27.5 Å². The lowest BCUT2D eigenvalue weighted by molar-refractivity contribution is -0.116. The van der Waals surface area contributed by atoms with Crippen molar-refractivity contribution < 1.29 is 4.79 Å². The van der Waals surface area contributed by atoms with E-state index in [0.29, 0.717) is 17.8 Å². The van der Waals surface area contributed by atoms with Gasteiger partial charge in [-0.15, -0.1) is 23.1 Å². The van der Waals surface area contributed by atoms with Crippen molar-refractivity contribution in [3.05, 3.63) is 67.9 Å². The van der Waals surface area contributed by atoms with Crippen LogP contribution in [-0.2, 0) is 4.79 Å². The minimum absolute atomic E-state index is 0.125. The standard InChI is InChI=1S/C23H22BrN3OS2/c1-3-29-23-15(9-10-30-23)20-16(12-25)22(26)27(17-8-7-14(24)11-13(17)2)18-5-4-6-19(28)21(18)20/h7-11,20H,3-6,26H2,1-2H3/t20-/m0/s1. The van der Waals surface area contributed by atoms with Crippen LogP contribution < -0.4 is 10.6 Å². The number of nitrogens with two attached hydrogens (primary N) is 1. The SMILES string of the molecule is CCSc1sccc1[C@H]1C(C#N)=C(N)N(c2ccc(Br)cc2C)C2=C1C(=O)CCC2. The number of carbonyl (C=O) groups excluding carboxylic acids is 1. The molecule has 7 heteroatoms. The first-order chi connectivity index (χ1) is 14.5. The summed E-state index contributed by atoms with van der Waals surface area (Å²) in [5, 5.41) is 12.2. The van der Waals surface area contributed by atoms with Crippen molar-refractivity contribution in [2.75, 3.05) is 10.7 Å². The summed E-state index contributed by atoms with van der Waals surface area (Å²) < 4.78 is 2.14. The smallest absolute Gasteiger partial charge is 0.161 e. The van der Waals surface area contributed by atoms with Crippen LogP contribution in [0.15, 0.2) is 61.0 Å². The zero-order valence-corrected chi connectivity index (χ0v) is 20.1. The van der Waals surface area contributed by atoms with Crippen molar-refractivity contribution in [2.45, 2.75) is 43.2 Å². The molecule has 1 aliphatic heterocycles. The molecule has 0 saturated heterocycles. The fourth-order valence-corrected chi connectivity index (χ4v) is 6.85. The second-order valence-electron chi connectivity index (χ2n) is 7.34. The number of hydrogen-bond donors (Lipinski definition) is 1. The molecule has 2 heterocycles. The summed E-state index contributed by atoms with van der Waals surface area (Å²) in [7, 11) is 0. The predicted molar refractivity (Wildman–Crippen MR) is 128 cm³/mol. The zero-order valence-electron chi connectivity index (χ0n) is 16.9. The van der Waals surface area contributed by atoms with E-state index in [1.54, 1.807) is 23.1 Å². The normalized spacial score (nSPS) is 19.2.